The lowest BCUT2D eigenvalue weighted by molar-refractivity contribution is -0.128. The van der Waals surface area contributed by atoms with E-state index in [0.717, 1.165) is 5.56 Å². The van der Waals surface area contributed by atoms with E-state index < -0.39 is 12.6 Å². The molecule has 2 aromatic rings. The average Bonchev–Trinajstić information content (AvgIpc) is 2.43. The summed E-state index contributed by atoms with van der Waals surface area (Å²) in [6.07, 6.45) is -5.31. The Morgan fingerprint density at radius 1 is 1.38 bits per heavy atom. The molecule has 16 heavy (non-hydrogen) atoms. The molecule has 1 aromatic heterocycles. The first kappa shape index (κ1) is 10.8. The molecule has 0 aliphatic heterocycles. The van der Waals surface area contributed by atoms with Crippen molar-refractivity contribution in [3.8, 4) is 0 Å². The van der Waals surface area contributed by atoms with Crippen LogP contribution in [0.5, 0.6) is 0 Å². The topological polar surface area (TPSA) is 54.7 Å². The summed E-state index contributed by atoms with van der Waals surface area (Å²) in [4.78, 5) is 6.53. The minimum Gasteiger partial charge on any atom is -0.399 e. The molecule has 0 spiro atoms. The van der Waals surface area contributed by atoms with E-state index in [2.05, 4.69) is 9.97 Å². The van der Waals surface area contributed by atoms with Crippen LogP contribution in [0.4, 0.5) is 18.9 Å². The molecule has 0 aliphatic rings. The van der Waals surface area contributed by atoms with Crippen molar-refractivity contribution in [2.24, 2.45) is 0 Å². The molecule has 0 amide bonds. The number of aromatic amines is 1. The molecule has 2 rings (SSSR count). The summed E-state index contributed by atoms with van der Waals surface area (Å²) >= 11 is 0. The summed E-state index contributed by atoms with van der Waals surface area (Å²) in [6.45, 7) is 1.77. The standard InChI is InChI=1S/C10H10F3N3/c1-5-2-6(14)3-7-9(5)16-8(15-7)4-10(11,12)13/h2-3H,4,14H2,1H3,(H,15,16). The van der Waals surface area contributed by atoms with Crippen LogP contribution in [0, 0.1) is 6.92 Å². The third-order valence-electron chi connectivity index (χ3n) is 2.23. The number of H-pyrrole nitrogens is 1. The second-order valence-corrected chi connectivity index (χ2v) is 3.71. The number of nitrogens with two attached hydrogens (primary N) is 1. The SMILES string of the molecule is Cc1cc(N)cc2nc(CC(F)(F)F)[nH]c12. The molecule has 0 radical (unpaired) electrons. The number of rotatable bonds is 1. The number of fused-ring (bicyclic) bond motifs is 1. The Morgan fingerprint density at radius 3 is 2.69 bits per heavy atom. The Kier molecular flexibility index (Phi) is 2.29. The summed E-state index contributed by atoms with van der Waals surface area (Å²) in [6, 6.07) is 3.25. The number of halogens is 3. The Bertz CT molecular complexity index is 528. The van der Waals surface area contributed by atoms with E-state index in [-0.39, 0.29) is 5.82 Å². The number of alkyl halides is 3. The predicted octanol–water partition coefficient (Wildman–Crippen LogP) is 2.56. The van der Waals surface area contributed by atoms with E-state index in [9.17, 15) is 13.2 Å². The predicted molar refractivity (Wildman–Crippen MR) is 55.0 cm³/mol. The van der Waals surface area contributed by atoms with Gasteiger partial charge in [-0.2, -0.15) is 13.2 Å². The fourth-order valence-corrected chi connectivity index (χ4v) is 1.64. The lowest BCUT2D eigenvalue weighted by atomic mass is 10.2. The Balaban J connectivity index is 2.48. The maximum atomic E-state index is 12.2. The number of anilines is 1. The summed E-state index contributed by atoms with van der Waals surface area (Å²) in [5.74, 6) is -0.0869. The first-order valence-electron chi connectivity index (χ1n) is 4.66. The van der Waals surface area contributed by atoms with Gasteiger partial charge in [0.2, 0.25) is 0 Å². The van der Waals surface area contributed by atoms with Crippen LogP contribution in [0.2, 0.25) is 0 Å². The van der Waals surface area contributed by atoms with Crippen molar-refractivity contribution in [1.29, 1.82) is 0 Å². The van der Waals surface area contributed by atoms with Crippen molar-refractivity contribution in [3.63, 3.8) is 0 Å². The van der Waals surface area contributed by atoms with E-state index in [0.29, 0.717) is 16.7 Å². The fourth-order valence-electron chi connectivity index (χ4n) is 1.64. The molecule has 6 heteroatoms. The number of aryl methyl sites for hydroxylation is 1. The molecule has 0 unspecified atom stereocenters. The largest absolute Gasteiger partial charge is 0.399 e. The maximum Gasteiger partial charge on any atom is 0.396 e. The average molecular weight is 229 g/mol. The van der Waals surface area contributed by atoms with Crippen LogP contribution in [0.1, 0.15) is 11.4 Å². The molecule has 0 bridgehead atoms. The zero-order chi connectivity index (χ0) is 11.9. The molecule has 86 valence electrons. The van der Waals surface area contributed by atoms with Gasteiger partial charge in [-0.15, -0.1) is 0 Å². The van der Waals surface area contributed by atoms with Crippen LogP contribution in [0.25, 0.3) is 11.0 Å². The van der Waals surface area contributed by atoms with Gasteiger partial charge >= 0.3 is 6.18 Å². The summed E-state index contributed by atoms with van der Waals surface area (Å²) in [5.41, 5.74) is 7.94. The number of nitrogen functional groups attached to an aromatic ring is 1. The van der Waals surface area contributed by atoms with Crippen molar-refractivity contribution in [3.05, 3.63) is 23.5 Å². The number of nitrogens with one attached hydrogen (secondary N) is 1. The Hall–Kier alpha value is -1.72. The molecule has 0 fully saturated rings. The number of imidazole rings is 1. The monoisotopic (exact) mass is 229 g/mol. The van der Waals surface area contributed by atoms with Gasteiger partial charge in [-0.1, -0.05) is 0 Å². The van der Waals surface area contributed by atoms with Gasteiger partial charge < -0.3 is 10.7 Å². The van der Waals surface area contributed by atoms with E-state index in [1.807, 2.05) is 0 Å². The highest BCUT2D eigenvalue weighted by molar-refractivity contribution is 5.82. The van der Waals surface area contributed by atoms with Gasteiger partial charge in [-0.3, -0.25) is 0 Å². The number of hydrogen-bond acceptors (Lipinski definition) is 2. The van der Waals surface area contributed by atoms with E-state index in [1.54, 1.807) is 19.1 Å². The first-order valence-corrected chi connectivity index (χ1v) is 4.66. The molecule has 1 heterocycles. The number of aromatic nitrogens is 2. The molecule has 0 saturated heterocycles. The highest BCUT2D eigenvalue weighted by Crippen LogP contribution is 2.24. The van der Waals surface area contributed by atoms with Gasteiger partial charge in [0.15, 0.2) is 0 Å². The third kappa shape index (κ3) is 2.10. The second kappa shape index (κ2) is 3.40. The zero-order valence-corrected chi connectivity index (χ0v) is 8.52. The van der Waals surface area contributed by atoms with Crippen LogP contribution in [0.15, 0.2) is 12.1 Å². The van der Waals surface area contributed by atoms with Gasteiger partial charge in [-0.05, 0) is 24.6 Å². The molecular weight excluding hydrogens is 219 g/mol. The van der Waals surface area contributed by atoms with Crippen LogP contribution in [-0.2, 0) is 6.42 Å². The summed E-state index contributed by atoms with van der Waals surface area (Å²) < 4.78 is 36.5. The maximum absolute atomic E-state index is 12.2. The minimum absolute atomic E-state index is 0.0869. The normalized spacial score (nSPS) is 12.2. The van der Waals surface area contributed by atoms with E-state index >= 15 is 0 Å². The zero-order valence-electron chi connectivity index (χ0n) is 8.52. The van der Waals surface area contributed by atoms with Crippen molar-refractivity contribution >= 4 is 16.7 Å². The molecule has 0 atom stereocenters. The Labute approximate surface area is 89.5 Å². The molecule has 1 aromatic carbocycles. The quantitative estimate of drug-likeness (QED) is 0.738. The van der Waals surface area contributed by atoms with Crippen LogP contribution in [0.3, 0.4) is 0 Å². The minimum atomic E-state index is -4.26. The number of hydrogen-bond donors (Lipinski definition) is 2. The van der Waals surface area contributed by atoms with Crippen molar-refractivity contribution in [2.45, 2.75) is 19.5 Å². The molecule has 3 nitrogen and oxygen atoms in total. The van der Waals surface area contributed by atoms with Gasteiger partial charge in [-0.25, -0.2) is 4.98 Å². The second-order valence-electron chi connectivity index (χ2n) is 3.71. The number of nitrogens with zero attached hydrogens (tertiary/aromatic N) is 1. The van der Waals surface area contributed by atoms with Crippen molar-refractivity contribution < 1.29 is 13.2 Å². The lowest BCUT2D eigenvalue weighted by Crippen LogP contribution is -2.12. The number of benzene rings is 1. The van der Waals surface area contributed by atoms with Gasteiger partial charge in [0, 0.05) is 5.69 Å². The first-order chi connectivity index (χ1) is 7.35. The molecule has 0 saturated carbocycles. The van der Waals surface area contributed by atoms with Gasteiger partial charge in [0.1, 0.15) is 12.2 Å². The van der Waals surface area contributed by atoms with E-state index in [4.69, 9.17) is 5.73 Å². The Morgan fingerprint density at radius 2 is 2.06 bits per heavy atom. The van der Waals surface area contributed by atoms with Gasteiger partial charge in [0.05, 0.1) is 11.0 Å². The third-order valence-corrected chi connectivity index (χ3v) is 2.23. The van der Waals surface area contributed by atoms with Gasteiger partial charge in [0.25, 0.3) is 0 Å². The summed E-state index contributed by atoms with van der Waals surface area (Å²) in [5, 5.41) is 0. The molecule has 0 aliphatic carbocycles. The van der Waals surface area contributed by atoms with E-state index in [1.165, 1.54) is 0 Å². The molecular formula is C10H10F3N3. The van der Waals surface area contributed by atoms with Crippen LogP contribution in [-0.4, -0.2) is 16.1 Å². The van der Waals surface area contributed by atoms with Crippen LogP contribution < -0.4 is 5.73 Å². The fraction of sp³-hybridized carbons (Fsp3) is 0.300. The highest BCUT2D eigenvalue weighted by Gasteiger charge is 2.29. The van der Waals surface area contributed by atoms with Crippen molar-refractivity contribution in [2.75, 3.05) is 5.73 Å². The highest BCUT2D eigenvalue weighted by atomic mass is 19.4. The molecule has 3 N–H and O–H groups in total. The van der Waals surface area contributed by atoms with Crippen molar-refractivity contribution in [1.82, 2.24) is 9.97 Å². The lowest BCUT2D eigenvalue weighted by Gasteiger charge is -2.01. The smallest absolute Gasteiger partial charge is 0.396 e. The summed E-state index contributed by atoms with van der Waals surface area (Å²) in [7, 11) is 0. The van der Waals surface area contributed by atoms with Crippen LogP contribution >= 0.6 is 0 Å².